The summed E-state index contributed by atoms with van der Waals surface area (Å²) in [5.74, 6) is 0.462. The normalized spacial score (nSPS) is 16.1. The molecule has 0 aliphatic carbocycles. The number of hydrogen-bond donors (Lipinski definition) is 0. The molecule has 1 heterocycles. The van der Waals surface area contributed by atoms with Crippen LogP contribution in [0.1, 0.15) is 84.1 Å². The van der Waals surface area contributed by atoms with E-state index in [1.807, 2.05) is 0 Å². The van der Waals surface area contributed by atoms with Gasteiger partial charge in [-0.05, 0) is 33.1 Å². The Kier molecular flexibility index (Phi) is 11.1. The average Bonchev–Trinajstić information content (AvgIpc) is 2.68. The maximum absolute atomic E-state index is 6.44. The van der Waals surface area contributed by atoms with E-state index in [1.54, 1.807) is 0 Å². The Morgan fingerprint density at radius 2 is 1.54 bits per heavy atom. The fraction of sp³-hybridized carbons (Fsp3) is 0.760. The second kappa shape index (κ2) is 13.3. The second-order valence-corrected chi connectivity index (χ2v) is 8.13. The van der Waals surface area contributed by atoms with Crippen molar-refractivity contribution in [2.75, 3.05) is 26.4 Å². The number of hydrogen-bond acceptors (Lipinski definition) is 3. The fourth-order valence-corrected chi connectivity index (χ4v) is 4.36. The van der Waals surface area contributed by atoms with Crippen LogP contribution in [0.5, 0.6) is 0 Å². The van der Waals surface area contributed by atoms with Gasteiger partial charge in [0.25, 0.3) is 0 Å². The monoisotopic (exact) mass is 390 g/mol. The Balaban J connectivity index is 2.12. The molecule has 160 valence electrons. The van der Waals surface area contributed by atoms with Crippen LogP contribution in [0.25, 0.3) is 0 Å². The highest BCUT2D eigenvalue weighted by Crippen LogP contribution is 2.42. The van der Waals surface area contributed by atoms with E-state index >= 15 is 0 Å². The van der Waals surface area contributed by atoms with Crippen molar-refractivity contribution in [3.8, 4) is 0 Å². The smallest absolute Gasteiger partial charge is 0.197 e. The summed E-state index contributed by atoms with van der Waals surface area (Å²) in [6, 6.07) is 10.6. The van der Waals surface area contributed by atoms with Gasteiger partial charge in [0.05, 0.1) is 13.2 Å². The zero-order valence-corrected chi connectivity index (χ0v) is 18.5. The number of ether oxygens (including phenoxy) is 3. The molecule has 1 aromatic carbocycles. The van der Waals surface area contributed by atoms with E-state index < -0.39 is 5.79 Å². The second-order valence-electron chi connectivity index (χ2n) is 8.13. The van der Waals surface area contributed by atoms with Crippen molar-refractivity contribution >= 4 is 0 Å². The van der Waals surface area contributed by atoms with Gasteiger partial charge in [-0.3, -0.25) is 0 Å². The molecule has 1 atom stereocenters. The highest BCUT2D eigenvalue weighted by molar-refractivity contribution is 5.21. The molecular weight excluding hydrogens is 348 g/mol. The third-order valence-electron chi connectivity index (χ3n) is 5.97. The minimum absolute atomic E-state index is 0.376. The summed E-state index contributed by atoms with van der Waals surface area (Å²) < 4.78 is 18.3. The van der Waals surface area contributed by atoms with Crippen molar-refractivity contribution in [3.63, 3.8) is 0 Å². The lowest BCUT2D eigenvalue weighted by Crippen LogP contribution is -2.42. The Morgan fingerprint density at radius 1 is 0.893 bits per heavy atom. The molecule has 0 bridgehead atoms. The number of unbranched alkanes of at least 4 members (excludes halogenated alkanes) is 5. The maximum Gasteiger partial charge on any atom is 0.197 e. The minimum atomic E-state index is -0.626. The van der Waals surface area contributed by atoms with Crippen molar-refractivity contribution < 1.29 is 14.2 Å². The SMILES string of the molecule is CCCCCCCCC(CCC1COC1)C(OCC)(OCC)c1ccccc1. The van der Waals surface area contributed by atoms with Crippen LogP contribution in [0.4, 0.5) is 0 Å². The van der Waals surface area contributed by atoms with E-state index in [4.69, 9.17) is 14.2 Å². The third-order valence-corrected chi connectivity index (χ3v) is 5.97. The molecule has 1 aromatic rings. The predicted molar refractivity (Wildman–Crippen MR) is 116 cm³/mol. The Labute approximate surface area is 173 Å². The summed E-state index contributed by atoms with van der Waals surface area (Å²) in [5, 5.41) is 0. The first kappa shape index (κ1) is 23.4. The van der Waals surface area contributed by atoms with Gasteiger partial charge in [-0.15, -0.1) is 0 Å². The van der Waals surface area contributed by atoms with Crippen LogP contribution in [0.2, 0.25) is 0 Å². The topological polar surface area (TPSA) is 27.7 Å². The number of benzene rings is 1. The molecule has 0 saturated carbocycles. The molecule has 1 aliphatic rings. The molecule has 1 saturated heterocycles. The Bertz CT molecular complexity index is 492. The zero-order valence-electron chi connectivity index (χ0n) is 18.5. The van der Waals surface area contributed by atoms with Crippen LogP contribution < -0.4 is 0 Å². The molecule has 2 rings (SSSR count). The van der Waals surface area contributed by atoms with Gasteiger partial charge in [0.2, 0.25) is 0 Å². The maximum atomic E-state index is 6.44. The van der Waals surface area contributed by atoms with Gasteiger partial charge in [0, 0.05) is 30.6 Å². The summed E-state index contributed by atoms with van der Waals surface area (Å²) in [5.41, 5.74) is 1.17. The standard InChI is InChI=1S/C25H42O3/c1-4-7-8-9-10-12-17-24(19-18-22-20-26-21-22)25(27-5-2,28-6-3)23-15-13-11-14-16-23/h11,13-16,22,24H,4-10,12,17-21H2,1-3H3. The molecule has 0 aromatic heterocycles. The van der Waals surface area contributed by atoms with Crippen molar-refractivity contribution in [2.45, 2.75) is 84.3 Å². The van der Waals surface area contributed by atoms with Crippen molar-refractivity contribution in [3.05, 3.63) is 35.9 Å². The Morgan fingerprint density at radius 3 is 2.11 bits per heavy atom. The molecular formula is C25H42O3. The van der Waals surface area contributed by atoms with Gasteiger partial charge in [0.1, 0.15) is 0 Å². The summed E-state index contributed by atoms with van der Waals surface area (Å²) in [6.07, 6.45) is 11.4. The molecule has 1 aliphatic heterocycles. The van der Waals surface area contributed by atoms with Crippen LogP contribution in [-0.4, -0.2) is 26.4 Å². The predicted octanol–water partition coefficient (Wildman–Crippen LogP) is 6.71. The van der Waals surface area contributed by atoms with Gasteiger partial charge >= 0.3 is 0 Å². The summed E-state index contributed by atoms with van der Waals surface area (Å²) in [4.78, 5) is 0. The quantitative estimate of drug-likeness (QED) is 0.232. The lowest BCUT2D eigenvalue weighted by molar-refractivity contribution is -0.278. The first-order valence-corrected chi connectivity index (χ1v) is 11.7. The van der Waals surface area contributed by atoms with E-state index in [2.05, 4.69) is 51.1 Å². The van der Waals surface area contributed by atoms with Crippen molar-refractivity contribution in [2.24, 2.45) is 11.8 Å². The zero-order chi connectivity index (χ0) is 20.1. The summed E-state index contributed by atoms with van der Waals surface area (Å²) in [6.45, 7) is 9.61. The van der Waals surface area contributed by atoms with Gasteiger partial charge in [-0.2, -0.15) is 0 Å². The van der Waals surface area contributed by atoms with Crippen molar-refractivity contribution in [1.82, 2.24) is 0 Å². The minimum Gasteiger partial charge on any atom is -0.381 e. The summed E-state index contributed by atoms with van der Waals surface area (Å²) >= 11 is 0. The molecule has 0 amide bonds. The largest absolute Gasteiger partial charge is 0.381 e. The molecule has 0 spiro atoms. The van der Waals surface area contributed by atoms with Gasteiger partial charge < -0.3 is 14.2 Å². The van der Waals surface area contributed by atoms with E-state index in [-0.39, 0.29) is 0 Å². The van der Waals surface area contributed by atoms with Crippen LogP contribution in [0, 0.1) is 11.8 Å². The van der Waals surface area contributed by atoms with E-state index in [9.17, 15) is 0 Å². The van der Waals surface area contributed by atoms with Crippen LogP contribution in [0.15, 0.2) is 30.3 Å². The summed E-state index contributed by atoms with van der Waals surface area (Å²) in [7, 11) is 0. The molecule has 28 heavy (non-hydrogen) atoms. The molecule has 0 radical (unpaired) electrons. The van der Waals surface area contributed by atoms with Crippen molar-refractivity contribution in [1.29, 1.82) is 0 Å². The van der Waals surface area contributed by atoms with E-state index in [0.717, 1.165) is 26.1 Å². The molecule has 0 N–H and O–H groups in total. The average molecular weight is 391 g/mol. The third kappa shape index (κ3) is 6.86. The van der Waals surface area contributed by atoms with Crippen LogP contribution in [-0.2, 0) is 20.0 Å². The van der Waals surface area contributed by atoms with Gasteiger partial charge in [-0.25, -0.2) is 0 Å². The molecule has 3 heteroatoms. The Hall–Kier alpha value is -0.900. The number of rotatable bonds is 16. The molecule has 3 nitrogen and oxygen atoms in total. The highest BCUT2D eigenvalue weighted by atomic mass is 16.7. The highest BCUT2D eigenvalue weighted by Gasteiger charge is 2.42. The van der Waals surface area contributed by atoms with E-state index in [1.165, 1.54) is 50.5 Å². The molecule has 1 fully saturated rings. The lowest BCUT2D eigenvalue weighted by Gasteiger charge is -2.41. The lowest BCUT2D eigenvalue weighted by atomic mass is 9.81. The molecule has 1 unspecified atom stereocenters. The van der Waals surface area contributed by atoms with Crippen LogP contribution in [0.3, 0.4) is 0 Å². The van der Waals surface area contributed by atoms with Crippen LogP contribution >= 0.6 is 0 Å². The van der Waals surface area contributed by atoms with E-state index in [0.29, 0.717) is 25.0 Å². The fourth-order valence-electron chi connectivity index (χ4n) is 4.36. The first-order chi connectivity index (χ1) is 13.8. The first-order valence-electron chi connectivity index (χ1n) is 11.7. The van der Waals surface area contributed by atoms with Gasteiger partial charge in [0.15, 0.2) is 5.79 Å². The van der Waals surface area contributed by atoms with Gasteiger partial charge in [-0.1, -0.05) is 75.8 Å².